The van der Waals surface area contributed by atoms with Crippen molar-refractivity contribution in [2.75, 3.05) is 0 Å². The molecule has 0 spiro atoms. The van der Waals surface area contributed by atoms with Gasteiger partial charge in [-0.25, -0.2) is 4.79 Å². The molecule has 130 valence electrons. The SMILES string of the molecule is O=C1C=C[C@H](O)[C@H]([C@H](OCc2ccccc2)[C@H](O)c2ccccc2)O1. The van der Waals surface area contributed by atoms with Crippen LogP contribution in [0.4, 0.5) is 0 Å². The lowest BCUT2D eigenvalue weighted by atomic mass is 9.95. The molecule has 0 aliphatic carbocycles. The number of benzene rings is 2. The van der Waals surface area contributed by atoms with E-state index in [1.165, 1.54) is 12.2 Å². The van der Waals surface area contributed by atoms with Gasteiger partial charge in [-0.05, 0) is 17.2 Å². The van der Waals surface area contributed by atoms with Crippen LogP contribution in [-0.2, 0) is 20.9 Å². The molecule has 2 aromatic rings. The summed E-state index contributed by atoms with van der Waals surface area (Å²) < 4.78 is 11.1. The lowest BCUT2D eigenvalue weighted by Crippen LogP contribution is -2.46. The second kappa shape index (κ2) is 8.07. The van der Waals surface area contributed by atoms with E-state index in [0.717, 1.165) is 5.56 Å². The molecule has 0 fully saturated rings. The number of ether oxygens (including phenoxy) is 2. The Labute approximate surface area is 146 Å². The second-order valence-corrected chi connectivity index (χ2v) is 5.87. The molecule has 4 atom stereocenters. The summed E-state index contributed by atoms with van der Waals surface area (Å²) in [6, 6.07) is 18.4. The molecule has 2 aromatic carbocycles. The summed E-state index contributed by atoms with van der Waals surface area (Å²) in [4.78, 5) is 11.6. The minimum absolute atomic E-state index is 0.222. The number of cyclic esters (lactones) is 1. The monoisotopic (exact) mass is 340 g/mol. The number of aliphatic hydroxyl groups excluding tert-OH is 2. The summed E-state index contributed by atoms with van der Waals surface area (Å²) in [7, 11) is 0. The van der Waals surface area contributed by atoms with Gasteiger partial charge in [0.1, 0.15) is 18.3 Å². The highest BCUT2D eigenvalue weighted by atomic mass is 16.6. The van der Waals surface area contributed by atoms with Crippen molar-refractivity contribution < 1.29 is 24.5 Å². The van der Waals surface area contributed by atoms with Gasteiger partial charge in [0, 0.05) is 6.08 Å². The van der Waals surface area contributed by atoms with Crippen molar-refractivity contribution in [1.29, 1.82) is 0 Å². The lowest BCUT2D eigenvalue weighted by molar-refractivity contribution is -0.176. The Balaban J connectivity index is 1.82. The number of hydrogen-bond acceptors (Lipinski definition) is 5. The van der Waals surface area contributed by atoms with Crippen LogP contribution in [0.2, 0.25) is 0 Å². The maximum absolute atomic E-state index is 11.6. The Morgan fingerprint density at radius 1 is 1.04 bits per heavy atom. The Morgan fingerprint density at radius 3 is 2.36 bits per heavy atom. The zero-order valence-corrected chi connectivity index (χ0v) is 13.6. The van der Waals surface area contributed by atoms with E-state index in [-0.39, 0.29) is 6.61 Å². The first-order valence-electron chi connectivity index (χ1n) is 8.10. The van der Waals surface area contributed by atoms with Gasteiger partial charge in [-0.2, -0.15) is 0 Å². The van der Waals surface area contributed by atoms with Gasteiger partial charge in [0.2, 0.25) is 0 Å². The molecule has 5 nitrogen and oxygen atoms in total. The van der Waals surface area contributed by atoms with E-state index >= 15 is 0 Å². The maximum Gasteiger partial charge on any atom is 0.330 e. The summed E-state index contributed by atoms with van der Waals surface area (Å²) in [5.74, 6) is -0.566. The van der Waals surface area contributed by atoms with Crippen molar-refractivity contribution >= 4 is 5.97 Å². The number of rotatable bonds is 6. The van der Waals surface area contributed by atoms with E-state index in [1.54, 1.807) is 24.3 Å². The average Bonchev–Trinajstić information content (AvgIpc) is 2.66. The standard InChI is InChI=1S/C20H20O5/c21-16-11-12-17(22)25-19(16)20(18(23)15-9-5-2-6-10-15)24-13-14-7-3-1-4-8-14/h1-12,16,18-21,23H,13H2/t16-,18+,19+,20+/m0/s1. The normalized spacial score (nSPS) is 22.2. The van der Waals surface area contributed by atoms with Crippen molar-refractivity contribution in [2.45, 2.75) is 31.0 Å². The topological polar surface area (TPSA) is 76.0 Å². The molecular formula is C20H20O5. The zero-order chi connectivity index (χ0) is 17.6. The highest BCUT2D eigenvalue weighted by molar-refractivity contribution is 5.83. The first-order valence-corrected chi connectivity index (χ1v) is 8.10. The van der Waals surface area contributed by atoms with Gasteiger partial charge >= 0.3 is 5.97 Å². The van der Waals surface area contributed by atoms with Crippen LogP contribution in [0.15, 0.2) is 72.8 Å². The highest BCUT2D eigenvalue weighted by Gasteiger charge is 2.38. The molecular weight excluding hydrogens is 320 g/mol. The Kier molecular flexibility index (Phi) is 5.60. The minimum Gasteiger partial charge on any atom is -0.453 e. The van der Waals surface area contributed by atoms with Crippen molar-refractivity contribution in [3.05, 3.63) is 83.9 Å². The third kappa shape index (κ3) is 4.33. The van der Waals surface area contributed by atoms with Gasteiger partial charge in [-0.3, -0.25) is 0 Å². The van der Waals surface area contributed by atoms with Crippen LogP contribution >= 0.6 is 0 Å². The average molecular weight is 340 g/mol. The molecule has 0 radical (unpaired) electrons. The molecule has 5 heteroatoms. The zero-order valence-electron chi connectivity index (χ0n) is 13.6. The van der Waals surface area contributed by atoms with E-state index in [1.807, 2.05) is 36.4 Å². The quantitative estimate of drug-likeness (QED) is 0.788. The van der Waals surface area contributed by atoms with Crippen molar-refractivity contribution in [2.24, 2.45) is 0 Å². The fourth-order valence-electron chi connectivity index (χ4n) is 2.76. The molecule has 0 saturated carbocycles. The Bertz CT molecular complexity index is 713. The van der Waals surface area contributed by atoms with Gasteiger partial charge in [0.05, 0.1) is 6.61 Å². The summed E-state index contributed by atoms with van der Waals surface area (Å²) in [5, 5.41) is 21.0. The number of hydrogen-bond donors (Lipinski definition) is 2. The number of aliphatic hydroxyl groups is 2. The molecule has 0 bridgehead atoms. The van der Waals surface area contributed by atoms with Crippen molar-refractivity contribution in [3.8, 4) is 0 Å². The molecule has 25 heavy (non-hydrogen) atoms. The molecule has 0 aromatic heterocycles. The van der Waals surface area contributed by atoms with Crippen LogP contribution in [0, 0.1) is 0 Å². The number of carbonyl (C=O) groups excluding carboxylic acids is 1. The predicted octanol–water partition coefficient (Wildman–Crippen LogP) is 2.15. The highest BCUT2D eigenvalue weighted by Crippen LogP contribution is 2.27. The van der Waals surface area contributed by atoms with E-state index < -0.39 is 30.4 Å². The summed E-state index contributed by atoms with van der Waals surface area (Å²) in [6.07, 6.45) is -1.47. The molecule has 1 heterocycles. The second-order valence-electron chi connectivity index (χ2n) is 5.87. The molecule has 3 rings (SSSR count). The maximum atomic E-state index is 11.6. The summed E-state index contributed by atoms with van der Waals surface area (Å²) >= 11 is 0. The largest absolute Gasteiger partial charge is 0.453 e. The Morgan fingerprint density at radius 2 is 1.68 bits per heavy atom. The smallest absolute Gasteiger partial charge is 0.330 e. The van der Waals surface area contributed by atoms with Crippen LogP contribution in [0.5, 0.6) is 0 Å². The molecule has 1 aliphatic heterocycles. The van der Waals surface area contributed by atoms with Crippen LogP contribution in [-0.4, -0.2) is 34.5 Å². The molecule has 0 unspecified atom stereocenters. The summed E-state index contributed by atoms with van der Waals surface area (Å²) in [6.45, 7) is 0.222. The molecule has 1 aliphatic rings. The first kappa shape index (κ1) is 17.4. The van der Waals surface area contributed by atoms with Crippen LogP contribution in [0.1, 0.15) is 17.2 Å². The van der Waals surface area contributed by atoms with Crippen molar-refractivity contribution in [3.63, 3.8) is 0 Å². The van der Waals surface area contributed by atoms with E-state index in [0.29, 0.717) is 5.56 Å². The molecule has 2 N–H and O–H groups in total. The Hall–Kier alpha value is -2.47. The van der Waals surface area contributed by atoms with Crippen LogP contribution in [0.3, 0.4) is 0 Å². The number of carbonyl (C=O) groups is 1. The van der Waals surface area contributed by atoms with E-state index in [2.05, 4.69) is 0 Å². The third-order valence-electron chi connectivity index (χ3n) is 4.08. The lowest BCUT2D eigenvalue weighted by Gasteiger charge is -2.34. The molecule has 0 saturated heterocycles. The van der Waals surface area contributed by atoms with E-state index in [9.17, 15) is 15.0 Å². The van der Waals surface area contributed by atoms with Crippen LogP contribution in [0.25, 0.3) is 0 Å². The molecule has 0 amide bonds. The van der Waals surface area contributed by atoms with Gasteiger partial charge in [0.15, 0.2) is 6.10 Å². The van der Waals surface area contributed by atoms with Gasteiger partial charge < -0.3 is 19.7 Å². The van der Waals surface area contributed by atoms with Gasteiger partial charge in [0.25, 0.3) is 0 Å². The fourth-order valence-corrected chi connectivity index (χ4v) is 2.76. The van der Waals surface area contributed by atoms with Gasteiger partial charge in [-0.15, -0.1) is 0 Å². The van der Waals surface area contributed by atoms with Crippen LogP contribution < -0.4 is 0 Å². The first-order chi connectivity index (χ1) is 12.1. The van der Waals surface area contributed by atoms with Crippen molar-refractivity contribution in [1.82, 2.24) is 0 Å². The fraction of sp³-hybridized carbons (Fsp3) is 0.250. The minimum atomic E-state index is -1.05. The van der Waals surface area contributed by atoms with Gasteiger partial charge in [-0.1, -0.05) is 60.7 Å². The third-order valence-corrected chi connectivity index (χ3v) is 4.08. The predicted molar refractivity (Wildman–Crippen MR) is 91.4 cm³/mol. The summed E-state index contributed by atoms with van der Waals surface area (Å²) in [5.41, 5.74) is 1.54. The number of esters is 1. The van der Waals surface area contributed by atoms with E-state index in [4.69, 9.17) is 9.47 Å².